The first kappa shape index (κ1) is 17.5. The fourth-order valence-electron chi connectivity index (χ4n) is 2.61. The minimum absolute atomic E-state index is 0.0759. The van der Waals surface area contributed by atoms with Crippen LogP contribution in [0.2, 0.25) is 0 Å². The second-order valence-corrected chi connectivity index (χ2v) is 7.89. The Bertz CT molecular complexity index is 876. The van der Waals surface area contributed by atoms with E-state index in [4.69, 9.17) is 0 Å². The molecule has 0 saturated carbocycles. The van der Waals surface area contributed by atoms with Crippen LogP contribution in [0.3, 0.4) is 0 Å². The normalized spacial score (nSPS) is 16.0. The lowest BCUT2D eigenvalue weighted by molar-refractivity contribution is 0.0658. The number of piperazine rings is 1. The minimum atomic E-state index is -3.87. The van der Waals surface area contributed by atoms with Crippen LogP contribution in [0.1, 0.15) is 10.5 Å². The van der Waals surface area contributed by atoms with Gasteiger partial charge >= 0.3 is 0 Å². The topological polar surface area (TPSA) is 70.6 Å². The summed E-state index contributed by atoms with van der Waals surface area (Å²) in [6, 6.07) is 7.51. The SMILES string of the molecule is CN1CCN(C(=O)c2ccc(S(=O)(=O)c3cccc(F)c3)cn2)CC1. The first-order valence-electron chi connectivity index (χ1n) is 7.82. The summed E-state index contributed by atoms with van der Waals surface area (Å²) in [4.78, 5) is 20.0. The number of amides is 1. The van der Waals surface area contributed by atoms with E-state index >= 15 is 0 Å². The maximum absolute atomic E-state index is 13.3. The Morgan fingerprint density at radius 2 is 1.80 bits per heavy atom. The van der Waals surface area contributed by atoms with Crippen molar-refractivity contribution in [2.45, 2.75) is 9.79 Å². The number of likely N-dealkylation sites (N-methyl/N-ethyl adjacent to an activating group) is 1. The second-order valence-electron chi connectivity index (χ2n) is 5.94. The average Bonchev–Trinajstić information content (AvgIpc) is 2.62. The van der Waals surface area contributed by atoms with Gasteiger partial charge < -0.3 is 9.80 Å². The zero-order chi connectivity index (χ0) is 18.0. The molecule has 132 valence electrons. The molecule has 0 bridgehead atoms. The predicted molar refractivity (Wildman–Crippen MR) is 89.5 cm³/mol. The van der Waals surface area contributed by atoms with Crippen molar-refractivity contribution in [3.8, 4) is 0 Å². The maximum atomic E-state index is 13.3. The van der Waals surface area contributed by atoms with E-state index in [-0.39, 0.29) is 21.4 Å². The molecule has 8 heteroatoms. The number of carbonyl (C=O) groups excluding carboxylic acids is 1. The van der Waals surface area contributed by atoms with Crippen molar-refractivity contribution in [3.05, 3.63) is 54.1 Å². The lowest BCUT2D eigenvalue weighted by Gasteiger charge is -2.32. The number of sulfone groups is 1. The number of rotatable bonds is 3. The van der Waals surface area contributed by atoms with E-state index in [1.807, 2.05) is 7.05 Å². The van der Waals surface area contributed by atoms with Crippen molar-refractivity contribution in [1.82, 2.24) is 14.8 Å². The van der Waals surface area contributed by atoms with Crippen molar-refractivity contribution in [2.75, 3.05) is 33.2 Å². The van der Waals surface area contributed by atoms with E-state index in [0.29, 0.717) is 13.1 Å². The molecule has 1 aromatic carbocycles. The van der Waals surface area contributed by atoms with Gasteiger partial charge in [-0.15, -0.1) is 0 Å². The zero-order valence-corrected chi connectivity index (χ0v) is 14.5. The van der Waals surface area contributed by atoms with E-state index in [2.05, 4.69) is 9.88 Å². The summed E-state index contributed by atoms with van der Waals surface area (Å²) in [6.45, 7) is 2.80. The summed E-state index contributed by atoms with van der Waals surface area (Å²) in [5.74, 6) is -0.848. The summed E-state index contributed by atoms with van der Waals surface area (Å²) < 4.78 is 38.3. The van der Waals surface area contributed by atoms with Gasteiger partial charge in [0.2, 0.25) is 9.84 Å². The smallest absolute Gasteiger partial charge is 0.272 e. The fraction of sp³-hybridized carbons (Fsp3) is 0.294. The molecule has 2 heterocycles. The van der Waals surface area contributed by atoms with E-state index in [0.717, 1.165) is 25.4 Å². The third-order valence-electron chi connectivity index (χ3n) is 4.16. The molecule has 25 heavy (non-hydrogen) atoms. The van der Waals surface area contributed by atoms with Crippen LogP contribution >= 0.6 is 0 Å². The van der Waals surface area contributed by atoms with Crippen LogP contribution in [-0.4, -0.2) is 62.3 Å². The molecule has 0 atom stereocenters. The van der Waals surface area contributed by atoms with Crippen LogP contribution in [0.5, 0.6) is 0 Å². The van der Waals surface area contributed by atoms with Crippen molar-refractivity contribution < 1.29 is 17.6 Å². The molecule has 1 saturated heterocycles. The highest BCUT2D eigenvalue weighted by Gasteiger charge is 2.23. The van der Waals surface area contributed by atoms with E-state index in [9.17, 15) is 17.6 Å². The molecular formula is C17H18FN3O3S. The van der Waals surface area contributed by atoms with Gasteiger partial charge in [0, 0.05) is 32.4 Å². The van der Waals surface area contributed by atoms with Gasteiger partial charge in [-0.25, -0.2) is 17.8 Å². The van der Waals surface area contributed by atoms with Crippen LogP contribution in [0.15, 0.2) is 52.4 Å². The van der Waals surface area contributed by atoms with Crippen LogP contribution in [0.4, 0.5) is 4.39 Å². The monoisotopic (exact) mass is 363 g/mol. The third-order valence-corrected chi connectivity index (χ3v) is 5.90. The number of carbonyl (C=O) groups is 1. The third kappa shape index (κ3) is 3.69. The maximum Gasteiger partial charge on any atom is 0.272 e. The van der Waals surface area contributed by atoms with Gasteiger partial charge in [0.1, 0.15) is 11.5 Å². The predicted octanol–water partition coefficient (Wildman–Crippen LogP) is 1.44. The molecule has 0 aliphatic carbocycles. The first-order valence-corrected chi connectivity index (χ1v) is 9.31. The average molecular weight is 363 g/mol. The zero-order valence-electron chi connectivity index (χ0n) is 13.7. The highest BCUT2D eigenvalue weighted by atomic mass is 32.2. The summed E-state index contributed by atoms with van der Waals surface area (Å²) in [6.07, 6.45) is 1.14. The Morgan fingerprint density at radius 3 is 2.40 bits per heavy atom. The van der Waals surface area contributed by atoms with E-state index < -0.39 is 15.7 Å². The highest BCUT2D eigenvalue weighted by Crippen LogP contribution is 2.21. The molecule has 0 spiro atoms. The van der Waals surface area contributed by atoms with Crippen LogP contribution in [-0.2, 0) is 9.84 Å². The largest absolute Gasteiger partial charge is 0.335 e. The lowest BCUT2D eigenvalue weighted by atomic mass is 10.2. The summed E-state index contributed by atoms with van der Waals surface area (Å²) in [5.41, 5.74) is 0.197. The molecule has 1 aromatic heterocycles. The minimum Gasteiger partial charge on any atom is -0.335 e. The van der Waals surface area contributed by atoms with Gasteiger partial charge in [-0.05, 0) is 37.4 Å². The van der Waals surface area contributed by atoms with Crippen LogP contribution in [0.25, 0.3) is 0 Å². The summed E-state index contributed by atoms with van der Waals surface area (Å²) in [5, 5.41) is 0. The Balaban J connectivity index is 1.81. The number of pyridine rings is 1. The first-order chi connectivity index (χ1) is 11.9. The van der Waals surface area contributed by atoms with Crippen molar-refractivity contribution in [2.24, 2.45) is 0 Å². The van der Waals surface area contributed by atoms with E-state index in [1.165, 1.54) is 30.3 Å². The van der Waals surface area contributed by atoms with Gasteiger partial charge in [-0.1, -0.05) is 6.07 Å². The Morgan fingerprint density at radius 1 is 1.08 bits per heavy atom. The molecule has 6 nitrogen and oxygen atoms in total. The molecule has 1 amide bonds. The molecule has 0 radical (unpaired) electrons. The summed E-state index contributed by atoms with van der Waals surface area (Å²) >= 11 is 0. The van der Waals surface area contributed by atoms with Crippen molar-refractivity contribution >= 4 is 15.7 Å². The lowest BCUT2D eigenvalue weighted by Crippen LogP contribution is -2.47. The standard InChI is InChI=1S/C17H18FN3O3S/c1-20-7-9-21(10-8-20)17(22)16-6-5-15(12-19-16)25(23,24)14-4-2-3-13(18)11-14/h2-6,11-12H,7-10H2,1H3. The summed E-state index contributed by atoms with van der Waals surface area (Å²) in [7, 11) is -1.88. The molecule has 1 fully saturated rings. The number of nitrogens with zero attached hydrogens (tertiary/aromatic N) is 3. The highest BCUT2D eigenvalue weighted by molar-refractivity contribution is 7.91. The molecular weight excluding hydrogens is 345 g/mol. The van der Waals surface area contributed by atoms with Crippen LogP contribution in [0, 0.1) is 5.82 Å². The van der Waals surface area contributed by atoms with Crippen molar-refractivity contribution in [3.63, 3.8) is 0 Å². The fourth-order valence-corrected chi connectivity index (χ4v) is 3.84. The quantitative estimate of drug-likeness (QED) is 0.825. The Hall–Kier alpha value is -2.32. The number of aromatic nitrogens is 1. The molecule has 1 aliphatic rings. The van der Waals surface area contributed by atoms with Crippen LogP contribution < -0.4 is 0 Å². The number of hydrogen-bond acceptors (Lipinski definition) is 5. The molecule has 1 aliphatic heterocycles. The van der Waals surface area contributed by atoms with Gasteiger partial charge in [-0.2, -0.15) is 0 Å². The number of halogens is 1. The Kier molecular flexibility index (Phi) is 4.82. The van der Waals surface area contributed by atoms with Gasteiger partial charge in [0.25, 0.3) is 5.91 Å². The van der Waals surface area contributed by atoms with Gasteiger partial charge in [-0.3, -0.25) is 4.79 Å². The van der Waals surface area contributed by atoms with Crippen molar-refractivity contribution in [1.29, 1.82) is 0 Å². The molecule has 0 N–H and O–H groups in total. The second kappa shape index (κ2) is 6.89. The number of benzene rings is 1. The van der Waals surface area contributed by atoms with Gasteiger partial charge in [0.05, 0.1) is 9.79 Å². The van der Waals surface area contributed by atoms with E-state index in [1.54, 1.807) is 4.90 Å². The molecule has 0 unspecified atom stereocenters. The Labute approximate surface area is 145 Å². The molecule has 2 aromatic rings. The molecule has 3 rings (SSSR count). The van der Waals surface area contributed by atoms with Gasteiger partial charge in [0.15, 0.2) is 0 Å². The number of hydrogen-bond donors (Lipinski definition) is 0.